The van der Waals surface area contributed by atoms with Crippen molar-refractivity contribution >= 4 is 25.7 Å². The lowest BCUT2D eigenvalue weighted by molar-refractivity contribution is 0.215. The van der Waals surface area contributed by atoms with Crippen molar-refractivity contribution in [1.82, 2.24) is 4.98 Å². The van der Waals surface area contributed by atoms with Crippen molar-refractivity contribution in [2.45, 2.75) is 78.3 Å². The van der Waals surface area contributed by atoms with Crippen LogP contribution in [0.4, 0.5) is 0 Å². The van der Waals surface area contributed by atoms with Crippen LogP contribution in [-0.2, 0) is 11.0 Å². The normalized spacial score (nSPS) is 15.2. The van der Waals surface area contributed by atoms with Crippen LogP contribution >= 0.6 is 11.3 Å². The molecule has 0 aliphatic carbocycles. The summed E-state index contributed by atoms with van der Waals surface area (Å²) in [5.74, 6) is 0. The molecule has 146 valence electrons. The van der Waals surface area contributed by atoms with Crippen molar-refractivity contribution in [2.75, 3.05) is 0 Å². The van der Waals surface area contributed by atoms with Gasteiger partial charge in [-0.3, -0.25) is 0 Å². The first kappa shape index (κ1) is 23.0. The molecule has 1 atom stereocenters. The largest absolute Gasteiger partial charge is 0.410 e. The summed E-state index contributed by atoms with van der Waals surface area (Å²) in [5, 5.41) is 13.5. The smallest absolute Gasteiger partial charge is 0.192 e. The van der Waals surface area contributed by atoms with Crippen molar-refractivity contribution in [3.05, 3.63) is 46.0 Å². The van der Waals surface area contributed by atoms with Gasteiger partial charge < -0.3 is 9.53 Å². The van der Waals surface area contributed by atoms with E-state index in [1.165, 1.54) is 5.57 Å². The van der Waals surface area contributed by atoms with Crippen LogP contribution in [0.2, 0.25) is 18.1 Å². The van der Waals surface area contributed by atoms with Gasteiger partial charge in [0, 0.05) is 5.38 Å². The molecule has 0 saturated carbocycles. The highest BCUT2D eigenvalue weighted by Gasteiger charge is 2.37. The van der Waals surface area contributed by atoms with Crippen LogP contribution in [0.15, 0.2) is 35.3 Å². The van der Waals surface area contributed by atoms with Gasteiger partial charge in [0.15, 0.2) is 8.32 Å². The zero-order valence-corrected chi connectivity index (χ0v) is 19.2. The molecular weight excluding hydrogens is 358 g/mol. The van der Waals surface area contributed by atoms with Crippen LogP contribution < -0.4 is 0 Å². The molecule has 1 N–H and O–H groups in total. The van der Waals surface area contributed by atoms with Crippen LogP contribution in [0.5, 0.6) is 0 Å². The van der Waals surface area contributed by atoms with Gasteiger partial charge in [-0.1, -0.05) is 38.5 Å². The molecule has 0 fully saturated rings. The molecule has 0 radical (unpaired) electrons. The average Bonchev–Trinajstić information content (AvgIpc) is 2.97. The van der Waals surface area contributed by atoms with Gasteiger partial charge in [0.2, 0.25) is 0 Å². The minimum Gasteiger partial charge on any atom is -0.410 e. The number of aromatic nitrogens is 1. The standard InChI is InChI=1S/C21H35NO2SSi/c1-9-10-16(2)11-12-19(23)17(3)13-18-15-25-20(22-18)14-24-26(7,8)21(4,5)6/h9,11,13,15,19,23H,1,10,12,14H2,2-8H3/t19-/m0/s1. The first-order valence-corrected chi connectivity index (χ1v) is 13.0. The molecule has 0 amide bonds. The van der Waals surface area contributed by atoms with Crippen LogP contribution in [0.1, 0.15) is 58.2 Å². The molecule has 1 heterocycles. The average molecular weight is 394 g/mol. The topological polar surface area (TPSA) is 42.4 Å². The van der Waals surface area contributed by atoms with Crippen molar-refractivity contribution in [3.8, 4) is 0 Å². The van der Waals surface area contributed by atoms with E-state index in [1.54, 1.807) is 11.3 Å². The van der Waals surface area contributed by atoms with Gasteiger partial charge in [0.1, 0.15) is 5.01 Å². The second-order valence-corrected chi connectivity index (χ2v) is 14.2. The lowest BCUT2D eigenvalue weighted by Gasteiger charge is -2.35. The second-order valence-electron chi connectivity index (χ2n) is 8.40. The Hall–Kier alpha value is -1.01. The Kier molecular flexibility index (Phi) is 8.67. The Morgan fingerprint density at radius 3 is 2.62 bits per heavy atom. The molecule has 0 aromatic carbocycles. The minimum absolute atomic E-state index is 0.199. The zero-order chi connectivity index (χ0) is 20.0. The summed E-state index contributed by atoms with van der Waals surface area (Å²) in [6, 6.07) is 0. The van der Waals surface area contributed by atoms with Gasteiger partial charge in [0.25, 0.3) is 0 Å². The Morgan fingerprint density at radius 1 is 1.38 bits per heavy atom. The first-order chi connectivity index (χ1) is 12.0. The maximum Gasteiger partial charge on any atom is 0.192 e. The summed E-state index contributed by atoms with van der Waals surface area (Å²) in [5.41, 5.74) is 3.05. The van der Waals surface area contributed by atoms with E-state index in [2.05, 4.69) is 58.4 Å². The van der Waals surface area contributed by atoms with Crippen LogP contribution in [-0.4, -0.2) is 24.5 Å². The summed E-state index contributed by atoms with van der Waals surface area (Å²) in [6.45, 7) is 19.5. The number of rotatable bonds is 9. The van der Waals surface area contributed by atoms with E-state index in [0.29, 0.717) is 13.0 Å². The predicted octanol–water partition coefficient (Wildman–Crippen LogP) is 6.34. The molecule has 0 unspecified atom stereocenters. The van der Waals surface area contributed by atoms with Crippen molar-refractivity contribution in [1.29, 1.82) is 0 Å². The number of nitrogens with zero attached hydrogens (tertiary/aromatic N) is 1. The van der Waals surface area contributed by atoms with Gasteiger partial charge in [-0.2, -0.15) is 0 Å². The Balaban J connectivity index is 2.67. The Labute approximate surface area is 164 Å². The highest BCUT2D eigenvalue weighted by atomic mass is 32.1. The van der Waals surface area contributed by atoms with E-state index in [9.17, 15) is 5.11 Å². The predicted molar refractivity (Wildman–Crippen MR) is 117 cm³/mol. The summed E-state index contributed by atoms with van der Waals surface area (Å²) in [6.07, 6.45) is 6.91. The van der Waals surface area contributed by atoms with Crippen molar-refractivity contribution in [3.63, 3.8) is 0 Å². The third-order valence-corrected chi connectivity index (χ3v) is 10.3. The van der Waals surface area contributed by atoms with Crippen LogP contribution in [0.25, 0.3) is 6.08 Å². The summed E-state index contributed by atoms with van der Waals surface area (Å²) >= 11 is 1.62. The number of allylic oxidation sites excluding steroid dienone is 2. The maximum absolute atomic E-state index is 10.3. The lowest BCUT2D eigenvalue weighted by atomic mass is 10.0. The lowest BCUT2D eigenvalue weighted by Crippen LogP contribution is -2.40. The number of hydrogen-bond acceptors (Lipinski definition) is 4. The third kappa shape index (κ3) is 7.31. The van der Waals surface area contributed by atoms with E-state index in [4.69, 9.17) is 4.43 Å². The highest BCUT2D eigenvalue weighted by Crippen LogP contribution is 2.37. The highest BCUT2D eigenvalue weighted by molar-refractivity contribution is 7.09. The molecule has 3 nitrogen and oxygen atoms in total. The molecule has 0 aliphatic rings. The maximum atomic E-state index is 10.3. The van der Waals surface area contributed by atoms with Gasteiger partial charge >= 0.3 is 0 Å². The number of hydrogen-bond donors (Lipinski definition) is 1. The van der Waals surface area contributed by atoms with Crippen LogP contribution in [0.3, 0.4) is 0 Å². The van der Waals surface area contributed by atoms with E-state index in [0.717, 1.165) is 22.7 Å². The summed E-state index contributed by atoms with van der Waals surface area (Å²) in [4.78, 5) is 4.64. The molecule has 26 heavy (non-hydrogen) atoms. The fourth-order valence-corrected chi connectivity index (χ4v) is 3.75. The fraction of sp³-hybridized carbons (Fsp3) is 0.571. The summed E-state index contributed by atoms with van der Waals surface area (Å²) in [7, 11) is -1.76. The third-order valence-electron chi connectivity index (χ3n) is 4.99. The quantitative estimate of drug-likeness (QED) is 0.393. The summed E-state index contributed by atoms with van der Waals surface area (Å²) < 4.78 is 6.23. The van der Waals surface area contributed by atoms with Crippen molar-refractivity contribution in [2.24, 2.45) is 0 Å². The van der Waals surface area contributed by atoms with E-state index < -0.39 is 14.4 Å². The number of aliphatic hydroxyl groups is 1. The van der Waals surface area contributed by atoms with Gasteiger partial charge in [-0.15, -0.1) is 17.9 Å². The first-order valence-electron chi connectivity index (χ1n) is 9.17. The van der Waals surface area contributed by atoms with E-state index in [1.807, 2.05) is 24.5 Å². The van der Waals surface area contributed by atoms with E-state index >= 15 is 0 Å². The van der Waals surface area contributed by atoms with E-state index in [-0.39, 0.29) is 5.04 Å². The van der Waals surface area contributed by atoms with Gasteiger partial charge in [-0.05, 0) is 56.5 Å². The van der Waals surface area contributed by atoms with Gasteiger partial charge in [-0.25, -0.2) is 4.98 Å². The zero-order valence-electron chi connectivity index (χ0n) is 17.4. The molecule has 5 heteroatoms. The molecule has 0 spiro atoms. The number of aliphatic hydroxyl groups excluding tert-OH is 1. The van der Waals surface area contributed by atoms with Gasteiger partial charge in [0.05, 0.1) is 18.4 Å². The molecule has 0 saturated heterocycles. The molecule has 1 aromatic heterocycles. The number of thiazole rings is 1. The Bertz CT molecular complexity index is 653. The molecule has 1 aromatic rings. The van der Waals surface area contributed by atoms with Crippen molar-refractivity contribution < 1.29 is 9.53 Å². The monoisotopic (exact) mass is 393 g/mol. The minimum atomic E-state index is -1.76. The second kappa shape index (κ2) is 9.79. The van der Waals surface area contributed by atoms with Crippen LogP contribution in [0, 0.1) is 0 Å². The molecule has 1 rings (SSSR count). The fourth-order valence-electron chi connectivity index (χ4n) is 2.06. The SMILES string of the molecule is C=CCC(C)=CC[C@H](O)C(C)=Cc1csc(CO[Si](C)(C)C(C)(C)C)n1. The Morgan fingerprint density at radius 2 is 2.04 bits per heavy atom. The molecular formula is C21H35NO2SSi. The molecule has 0 aliphatic heterocycles. The molecule has 0 bridgehead atoms.